The molecular formula is C20H20N2O. The van der Waals surface area contributed by atoms with E-state index < -0.39 is 0 Å². The second-order valence-corrected chi connectivity index (χ2v) is 6.51. The maximum absolute atomic E-state index is 6.04. The fourth-order valence-corrected chi connectivity index (χ4v) is 4.18. The Morgan fingerprint density at radius 1 is 1.04 bits per heavy atom. The Morgan fingerprint density at radius 3 is 2.87 bits per heavy atom. The highest BCUT2D eigenvalue weighted by Gasteiger charge is 2.29. The van der Waals surface area contributed by atoms with Gasteiger partial charge in [0.2, 0.25) is 0 Å². The number of hydrogen-bond donors (Lipinski definition) is 1. The second kappa shape index (κ2) is 5.14. The highest BCUT2D eigenvalue weighted by atomic mass is 16.5. The summed E-state index contributed by atoms with van der Waals surface area (Å²) in [5, 5.41) is 5.06. The van der Waals surface area contributed by atoms with Gasteiger partial charge in [-0.1, -0.05) is 18.2 Å². The summed E-state index contributed by atoms with van der Waals surface area (Å²) in [5.41, 5.74) is 4.42. The van der Waals surface area contributed by atoms with Crippen LogP contribution in [0.15, 0.2) is 48.5 Å². The van der Waals surface area contributed by atoms with E-state index in [9.17, 15) is 0 Å². The molecule has 5 rings (SSSR count). The van der Waals surface area contributed by atoms with Crippen LogP contribution >= 0.6 is 0 Å². The number of para-hydroxylation sites is 1. The standard InChI is InChI=1S/C20H20N2O/c1-2-5-14(6-3-1)23-15-9-10-19-17(13-15)16-7-4-8-18-20(16)22(19)12-11-21-18/h1-3,5-6,9-10,13,18,21H,4,7-8,11-12H2/t18-/m0/s1. The van der Waals surface area contributed by atoms with Crippen molar-refractivity contribution in [3.8, 4) is 11.5 Å². The van der Waals surface area contributed by atoms with Crippen LogP contribution in [0.1, 0.15) is 30.1 Å². The predicted molar refractivity (Wildman–Crippen MR) is 92.1 cm³/mol. The van der Waals surface area contributed by atoms with Crippen molar-refractivity contribution in [3.63, 3.8) is 0 Å². The minimum absolute atomic E-state index is 0.540. The topological polar surface area (TPSA) is 26.2 Å². The van der Waals surface area contributed by atoms with E-state index in [1.165, 1.54) is 41.4 Å². The van der Waals surface area contributed by atoms with Crippen molar-refractivity contribution in [2.45, 2.75) is 31.8 Å². The van der Waals surface area contributed by atoms with Gasteiger partial charge in [0.25, 0.3) is 0 Å². The molecule has 1 atom stereocenters. The SMILES string of the molecule is c1ccc(Oc2ccc3c(c2)c2c4n3CCN[C@H]4CCC2)cc1. The van der Waals surface area contributed by atoms with Crippen molar-refractivity contribution in [1.29, 1.82) is 0 Å². The van der Waals surface area contributed by atoms with Gasteiger partial charge < -0.3 is 14.6 Å². The Bertz CT molecular complexity index is 864. The van der Waals surface area contributed by atoms with E-state index in [2.05, 4.69) is 28.1 Å². The van der Waals surface area contributed by atoms with Gasteiger partial charge in [-0.15, -0.1) is 0 Å². The fourth-order valence-electron chi connectivity index (χ4n) is 4.18. The van der Waals surface area contributed by atoms with Crippen LogP contribution in [0.25, 0.3) is 10.9 Å². The normalized spacial score (nSPS) is 19.6. The van der Waals surface area contributed by atoms with Crippen molar-refractivity contribution in [2.75, 3.05) is 6.54 Å². The third-order valence-electron chi connectivity index (χ3n) is 5.14. The van der Waals surface area contributed by atoms with Crippen molar-refractivity contribution < 1.29 is 4.74 Å². The Morgan fingerprint density at radius 2 is 1.96 bits per heavy atom. The molecule has 1 aliphatic carbocycles. The molecule has 1 aromatic heterocycles. The summed E-state index contributed by atoms with van der Waals surface area (Å²) in [7, 11) is 0. The lowest BCUT2D eigenvalue weighted by molar-refractivity contribution is 0.384. The van der Waals surface area contributed by atoms with Crippen molar-refractivity contribution in [1.82, 2.24) is 9.88 Å². The first kappa shape index (κ1) is 13.2. The maximum Gasteiger partial charge on any atom is 0.128 e. The van der Waals surface area contributed by atoms with Gasteiger partial charge in [-0.2, -0.15) is 0 Å². The molecule has 2 heterocycles. The van der Waals surface area contributed by atoms with Crippen LogP contribution in [0.4, 0.5) is 0 Å². The van der Waals surface area contributed by atoms with E-state index in [4.69, 9.17) is 4.74 Å². The zero-order valence-electron chi connectivity index (χ0n) is 13.1. The number of benzene rings is 2. The first-order valence-electron chi connectivity index (χ1n) is 8.51. The van der Waals surface area contributed by atoms with Gasteiger partial charge >= 0.3 is 0 Å². The zero-order chi connectivity index (χ0) is 15.2. The lowest BCUT2D eigenvalue weighted by Gasteiger charge is -2.31. The molecule has 23 heavy (non-hydrogen) atoms. The van der Waals surface area contributed by atoms with Crippen LogP contribution in [0.3, 0.4) is 0 Å². The minimum atomic E-state index is 0.540. The summed E-state index contributed by atoms with van der Waals surface area (Å²) in [6.07, 6.45) is 3.72. The molecule has 0 saturated heterocycles. The minimum Gasteiger partial charge on any atom is -0.457 e. The molecule has 0 fully saturated rings. The van der Waals surface area contributed by atoms with Crippen molar-refractivity contribution in [3.05, 3.63) is 59.8 Å². The average molecular weight is 304 g/mol. The van der Waals surface area contributed by atoms with Gasteiger partial charge in [0, 0.05) is 35.7 Å². The molecule has 116 valence electrons. The third kappa shape index (κ3) is 2.07. The summed E-state index contributed by atoms with van der Waals surface area (Å²) < 4.78 is 8.56. The summed E-state index contributed by atoms with van der Waals surface area (Å²) in [5.74, 6) is 1.82. The largest absolute Gasteiger partial charge is 0.457 e. The van der Waals surface area contributed by atoms with E-state index >= 15 is 0 Å². The van der Waals surface area contributed by atoms with Crippen LogP contribution in [0, 0.1) is 0 Å². The van der Waals surface area contributed by atoms with E-state index in [-0.39, 0.29) is 0 Å². The monoisotopic (exact) mass is 304 g/mol. The highest BCUT2D eigenvalue weighted by molar-refractivity contribution is 5.87. The highest BCUT2D eigenvalue weighted by Crippen LogP contribution is 2.40. The number of aryl methyl sites for hydroxylation is 1. The summed E-state index contributed by atoms with van der Waals surface area (Å²) >= 11 is 0. The van der Waals surface area contributed by atoms with Crippen LogP contribution in [0.5, 0.6) is 11.5 Å². The summed E-state index contributed by atoms with van der Waals surface area (Å²) in [6, 6.07) is 17.1. The fraction of sp³-hybridized carbons (Fsp3) is 0.300. The van der Waals surface area contributed by atoms with Crippen LogP contribution in [0.2, 0.25) is 0 Å². The van der Waals surface area contributed by atoms with Gasteiger partial charge in [0.05, 0.1) is 0 Å². The maximum atomic E-state index is 6.04. The molecule has 0 unspecified atom stereocenters. The number of rotatable bonds is 2. The van der Waals surface area contributed by atoms with Crippen molar-refractivity contribution >= 4 is 10.9 Å². The molecule has 0 saturated carbocycles. The Kier molecular flexibility index (Phi) is 2.95. The Labute approximate surface area is 135 Å². The number of hydrogen-bond acceptors (Lipinski definition) is 2. The van der Waals surface area contributed by atoms with Gasteiger partial charge in [-0.3, -0.25) is 0 Å². The zero-order valence-corrected chi connectivity index (χ0v) is 13.1. The molecule has 1 N–H and O–H groups in total. The molecule has 0 spiro atoms. The van der Waals surface area contributed by atoms with E-state index in [1.54, 1.807) is 0 Å². The molecule has 0 radical (unpaired) electrons. The first-order chi connectivity index (χ1) is 11.4. The van der Waals surface area contributed by atoms with E-state index in [0.717, 1.165) is 24.6 Å². The second-order valence-electron chi connectivity index (χ2n) is 6.51. The molecule has 0 amide bonds. The molecule has 3 heteroatoms. The van der Waals surface area contributed by atoms with Gasteiger partial charge in [-0.25, -0.2) is 0 Å². The van der Waals surface area contributed by atoms with Crippen LogP contribution in [-0.4, -0.2) is 11.1 Å². The number of fused-ring (bicyclic) bond motifs is 3. The molecule has 2 aliphatic rings. The lowest BCUT2D eigenvalue weighted by Crippen LogP contribution is -2.35. The van der Waals surface area contributed by atoms with E-state index in [1.807, 2.05) is 30.3 Å². The predicted octanol–water partition coefficient (Wildman–Crippen LogP) is 4.41. The van der Waals surface area contributed by atoms with E-state index in [0.29, 0.717) is 6.04 Å². The average Bonchev–Trinajstić information content (AvgIpc) is 2.92. The number of aromatic nitrogens is 1. The summed E-state index contributed by atoms with van der Waals surface area (Å²) in [6.45, 7) is 2.14. The number of ether oxygens (including phenoxy) is 1. The molecule has 3 nitrogen and oxygen atoms in total. The Balaban J connectivity index is 1.63. The smallest absolute Gasteiger partial charge is 0.128 e. The molecule has 0 bridgehead atoms. The van der Waals surface area contributed by atoms with Crippen molar-refractivity contribution in [2.24, 2.45) is 0 Å². The number of nitrogens with one attached hydrogen (secondary N) is 1. The molecule has 1 aliphatic heterocycles. The van der Waals surface area contributed by atoms with Gasteiger partial charge in [0.15, 0.2) is 0 Å². The third-order valence-corrected chi connectivity index (χ3v) is 5.14. The van der Waals surface area contributed by atoms with Gasteiger partial charge in [0.1, 0.15) is 11.5 Å². The molecule has 3 aromatic rings. The lowest BCUT2D eigenvalue weighted by atomic mass is 9.91. The number of nitrogens with zero attached hydrogens (tertiary/aromatic N) is 1. The van der Waals surface area contributed by atoms with Gasteiger partial charge in [-0.05, 0) is 55.2 Å². The molecule has 2 aromatic carbocycles. The first-order valence-corrected chi connectivity index (χ1v) is 8.51. The quantitative estimate of drug-likeness (QED) is 0.759. The van der Waals surface area contributed by atoms with Crippen LogP contribution < -0.4 is 10.1 Å². The molecular weight excluding hydrogens is 284 g/mol. The summed E-state index contributed by atoms with van der Waals surface area (Å²) in [4.78, 5) is 0. The van der Waals surface area contributed by atoms with Crippen LogP contribution in [-0.2, 0) is 13.0 Å². The Hall–Kier alpha value is -2.26.